The number of nitrogens with one attached hydrogen (secondary N) is 2. The van der Waals surface area contributed by atoms with Gasteiger partial charge in [-0.3, -0.25) is 14.5 Å². The lowest BCUT2D eigenvalue weighted by atomic mass is 9.89. The minimum Gasteiger partial charge on any atom is -0.379 e. The zero-order chi connectivity index (χ0) is 27.7. The Hall–Kier alpha value is -3.68. The predicted octanol–water partition coefficient (Wildman–Crippen LogP) is 4.77. The van der Waals surface area contributed by atoms with Crippen LogP contribution in [-0.4, -0.2) is 69.2 Å². The van der Waals surface area contributed by atoms with Crippen molar-refractivity contribution in [3.63, 3.8) is 0 Å². The van der Waals surface area contributed by atoms with Gasteiger partial charge in [0.2, 0.25) is 0 Å². The van der Waals surface area contributed by atoms with Crippen molar-refractivity contribution in [2.24, 2.45) is 5.92 Å². The third-order valence-electron chi connectivity index (χ3n) is 7.95. The number of piperidine rings is 1. The number of carbonyl (C=O) groups excluding carboxylic acids is 2. The topological polar surface area (TPSA) is 73.9 Å². The lowest BCUT2D eigenvalue weighted by Crippen LogP contribution is -2.41. The minimum absolute atomic E-state index is 0.110. The smallest absolute Gasteiger partial charge is 0.255 e. The van der Waals surface area contributed by atoms with Crippen LogP contribution in [0.25, 0.3) is 0 Å². The second kappa shape index (κ2) is 13.6. The molecule has 3 aromatic carbocycles. The number of hydrogen-bond donors (Lipinski definition) is 2. The van der Waals surface area contributed by atoms with E-state index in [-0.39, 0.29) is 11.8 Å². The molecule has 2 fully saturated rings. The average molecular weight is 541 g/mol. The van der Waals surface area contributed by atoms with Crippen LogP contribution < -0.4 is 15.5 Å². The first-order valence-electron chi connectivity index (χ1n) is 14.4. The first-order chi connectivity index (χ1) is 19.5. The maximum Gasteiger partial charge on any atom is 0.255 e. The number of amides is 2. The number of carbonyl (C=O) groups is 2. The molecule has 2 aliphatic heterocycles. The van der Waals surface area contributed by atoms with Gasteiger partial charge in [-0.15, -0.1) is 0 Å². The highest BCUT2D eigenvalue weighted by atomic mass is 16.5. The van der Waals surface area contributed by atoms with Crippen LogP contribution in [-0.2, 0) is 11.2 Å². The predicted molar refractivity (Wildman–Crippen MR) is 160 cm³/mol. The van der Waals surface area contributed by atoms with Crippen molar-refractivity contribution in [1.82, 2.24) is 10.2 Å². The Labute approximate surface area is 237 Å². The minimum atomic E-state index is -0.187. The van der Waals surface area contributed by atoms with E-state index in [4.69, 9.17) is 4.74 Å². The molecule has 0 atom stereocenters. The molecule has 210 valence electrons. The number of anilines is 2. The normalized spacial score (nSPS) is 16.5. The molecule has 0 radical (unpaired) electrons. The second-order valence-corrected chi connectivity index (χ2v) is 10.9. The van der Waals surface area contributed by atoms with Crippen molar-refractivity contribution in [2.75, 3.05) is 62.7 Å². The van der Waals surface area contributed by atoms with E-state index >= 15 is 0 Å². The standard InChI is InChI=1S/C33H40N4O3/c1-25-7-9-28(10-8-25)32(38)35-29-11-12-31(30(24-29)33(39)34-15-18-36-19-21-40-22-20-36)37-16-13-27(14-17-37)23-26-5-3-2-4-6-26/h2-12,24,27H,13-23H2,1H3,(H,34,39)(H,35,38). The Morgan fingerprint density at radius 1 is 0.875 bits per heavy atom. The third kappa shape index (κ3) is 7.49. The molecule has 2 N–H and O–H groups in total. The molecule has 40 heavy (non-hydrogen) atoms. The van der Waals surface area contributed by atoms with Gasteiger partial charge in [-0.25, -0.2) is 0 Å². The largest absolute Gasteiger partial charge is 0.379 e. The molecule has 0 aromatic heterocycles. The van der Waals surface area contributed by atoms with E-state index in [0.29, 0.717) is 29.3 Å². The first kappa shape index (κ1) is 27.9. The number of ether oxygens (including phenoxy) is 1. The highest BCUT2D eigenvalue weighted by molar-refractivity contribution is 6.06. The van der Waals surface area contributed by atoms with Crippen LogP contribution in [0.1, 0.15) is 44.7 Å². The van der Waals surface area contributed by atoms with Crippen LogP contribution in [0, 0.1) is 12.8 Å². The Morgan fingerprint density at radius 3 is 2.33 bits per heavy atom. The number of aryl methyl sites for hydroxylation is 1. The van der Waals surface area contributed by atoms with Crippen LogP contribution in [0.2, 0.25) is 0 Å². The van der Waals surface area contributed by atoms with E-state index in [9.17, 15) is 9.59 Å². The molecule has 2 aliphatic rings. The van der Waals surface area contributed by atoms with E-state index in [1.807, 2.05) is 49.4 Å². The van der Waals surface area contributed by atoms with Crippen LogP contribution in [0.15, 0.2) is 72.8 Å². The van der Waals surface area contributed by atoms with Gasteiger partial charge in [-0.05, 0) is 68.0 Å². The van der Waals surface area contributed by atoms with Crippen LogP contribution in [0.5, 0.6) is 0 Å². The monoisotopic (exact) mass is 540 g/mol. The Bertz CT molecular complexity index is 1260. The fourth-order valence-corrected chi connectivity index (χ4v) is 5.55. The fourth-order valence-electron chi connectivity index (χ4n) is 5.55. The average Bonchev–Trinajstić information content (AvgIpc) is 2.99. The van der Waals surface area contributed by atoms with Crippen molar-refractivity contribution in [3.8, 4) is 0 Å². The van der Waals surface area contributed by atoms with Crippen molar-refractivity contribution >= 4 is 23.2 Å². The number of hydrogen-bond acceptors (Lipinski definition) is 5. The fraction of sp³-hybridized carbons (Fsp3) is 0.394. The summed E-state index contributed by atoms with van der Waals surface area (Å²) in [7, 11) is 0. The van der Waals surface area contributed by atoms with Gasteiger partial charge in [-0.2, -0.15) is 0 Å². The third-order valence-corrected chi connectivity index (χ3v) is 7.95. The van der Waals surface area contributed by atoms with E-state index in [2.05, 4.69) is 50.8 Å². The highest BCUT2D eigenvalue weighted by Crippen LogP contribution is 2.30. The molecule has 0 saturated carbocycles. The number of nitrogens with zero attached hydrogens (tertiary/aromatic N) is 2. The van der Waals surface area contributed by atoms with Crippen molar-refractivity contribution in [3.05, 3.63) is 95.1 Å². The molecule has 7 heteroatoms. The van der Waals surface area contributed by atoms with Crippen molar-refractivity contribution < 1.29 is 14.3 Å². The maximum absolute atomic E-state index is 13.5. The summed E-state index contributed by atoms with van der Waals surface area (Å²) in [6.07, 6.45) is 3.26. The van der Waals surface area contributed by atoms with Crippen LogP contribution >= 0.6 is 0 Å². The van der Waals surface area contributed by atoms with Gasteiger partial charge in [0.05, 0.1) is 18.8 Å². The molecule has 5 rings (SSSR count). The molecule has 3 aromatic rings. The second-order valence-electron chi connectivity index (χ2n) is 10.9. The van der Waals surface area contributed by atoms with E-state index in [0.717, 1.165) is 76.5 Å². The van der Waals surface area contributed by atoms with Crippen LogP contribution in [0.3, 0.4) is 0 Å². The molecule has 2 heterocycles. The van der Waals surface area contributed by atoms with Gasteiger partial charge in [0.1, 0.15) is 0 Å². The summed E-state index contributed by atoms with van der Waals surface area (Å²) >= 11 is 0. The lowest BCUT2D eigenvalue weighted by molar-refractivity contribution is 0.0383. The summed E-state index contributed by atoms with van der Waals surface area (Å²) in [6.45, 7) is 8.41. The van der Waals surface area contributed by atoms with E-state index in [1.165, 1.54) is 5.56 Å². The quantitative estimate of drug-likeness (QED) is 0.409. The Balaban J connectivity index is 1.28. The molecule has 2 amide bonds. The molecular formula is C33H40N4O3. The zero-order valence-electron chi connectivity index (χ0n) is 23.4. The van der Waals surface area contributed by atoms with Crippen molar-refractivity contribution in [1.29, 1.82) is 0 Å². The summed E-state index contributed by atoms with van der Waals surface area (Å²) in [4.78, 5) is 31.0. The molecular weight excluding hydrogens is 500 g/mol. The Morgan fingerprint density at radius 2 is 1.60 bits per heavy atom. The van der Waals surface area contributed by atoms with Gasteiger partial charge >= 0.3 is 0 Å². The molecule has 0 spiro atoms. The molecule has 0 aliphatic carbocycles. The summed E-state index contributed by atoms with van der Waals surface area (Å²) in [5.41, 5.74) is 5.22. The van der Waals surface area contributed by atoms with Gasteiger partial charge in [0.15, 0.2) is 0 Å². The SMILES string of the molecule is Cc1ccc(C(=O)Nc2ccc(N3CCC(Cc4ccccc4)CC3)c(C(=O)NCCN3CCOCC3)c2)cc1. The number of benzene rings is 3. The van der Waals surface area contributed by atoms with Gasteiger partial charge in [-0.1, -0.05) is 48.0 Å². The summed E-state index contributed by atoms with van der Waals surface area (Å²) < 4.78 is 5.43. The summed E-state index contributed by atoms with van der Waals surface area (Å²) in [5.74, 6) is 0.340. The Kier molecular flexibility index (Phi) is 9.47. The first-order valence-corrected chi connectivity index (χ1v) is 14.4. The van der Waals surface area contributed by atoms with Gasteiger partial charge < -0.3 is 20.3 Å². The van der Waals surface area contributed by atoms with E-state index < -0.39 is 0 Å². The highest BCUT2D eigenvalue weighted by Gasteiger charge is 2.24. The van der Waals surface area contributed by atoms with E-state index in [1.54, 1.807) is 0 Å². The maximum atomic E-state index is 13.5. The summed E-state index contributed by atoms with van der Waals surface area (Å²) in [5, 5.41) is 6.11. The molecule has 7 nitrogen and oxygen atoms in total. The van der Waals surface area contributed by atoms with Crippen LogP contribution in [0.4, 0.5) is 11.4 Å². The van der Waals surface area contributed by atoms with Gasteiger partial charge in [0.25, 0.3) is 11.8 Å². The summed E-state index contributed by atoms with van der Waals surface area (Å²) in [6, 6.07) is 23.9. The molecule has 0 bridgehead atoms. The number of morpholine rings is 1. The van der Waals surface area contributed by atoms with Gasteiger partial charge in [0, 0.05) is 56.2 Å². The zero-order valence-corrected chi connectivity index (χ0v) is 23.4. The number of rotatable bonds is 9. The molecule has 2 saturated heterocycles. The lowest BCUT2D eigenvalue weighted by Gasteiger charge is -2.35. The molecule has 0 unspecified atom stereocenters. The van der Waals surface area contributed by atoms with Crippen molar-refractivity contribution in [2.45, 2.75) is 26.2 Å².